The Hall–Kier alpha value is -1.10. The smallest absolute Gasteiger partial charge is 0.120 e. The Morgan fingerprint density at radius 2 is 2.05 bits per heavy atom. The molecule has 0 spiro atoms. The normalized spacial score (nSPS) is 21.1. The number of methoxy groups -OCH3 is 1. The molecule has 0 saturated heterocycles. The van der Waals surface area contributed by atoms with E-state index < -0.39 is 0 Å². The lowest BCUT2D eigenvalue weighted by atomic mass is 9.97. The Kier molecular flexibility index (Phi) is 5.40. The minimum absolute atomic E-state index is 0.228. The van der Waals surface area contributed by atoms with Gasteiger partial charge in [-0.1, -0.05) is 13.0 Å². The van der Waals surface area contributed by atoms with Crippen LogP contribution in [0.3, 0.4) is 0 Å². The monoisotopic (exact) mass is 279 g/mol. The highest BCUT2D eigenvalue weighted by atomic mass is 16.5. The molecule has 0 aliphatic heterocycles. The average molecular weight is 279 g/mol. The molecule has 0 amide bonds. The van der Waals surface area contributed by atoms with Crippen molar-refractivity contribution in [1.29, 1.82) is 0 Å². The van der Waals surface area contributed by atoms with E-state index in [2.05, 4.69) is 19.2 Å². The van der Waals surface area contributed by atoms with Crippen LogP contribution in [0.25, 0.3) is 0 Å². The van der Waals surface area contributed by atoms with Gasteiger partial charge in [0.25, 0.3) is 0 Å². The number of benzene rings is 1. The summed E-state index contributed by atoms with van der Waals surface area (Å²) in [4.78, 5) is 0. The van der Waals surface area contributed by atoms with Crippen LogP contribution in [0.4, 0.5) is 0 Å². The Bertz CT molecular complexity index is 448. The lowest BCUT2D eigenvalue weighted by molar-refractivity contribution is 0.0710. The van der Waals surface area contributed by atoms with Gasteiger partial charge in [0.15, 0.2) is 0 Å². The lowest BCUT2D eigenvalue weighted by Gasteiger charge is -2.16. The van der Waals surface area contributed by atoms with Gasteiger partial charge in [0.1, 0.15) is 5.75 Å². The summed E-state index contributed by atoms with van der Waals surface area (Å²) >= 11 is 0. The molecule has 4 nitrogen and oxygen atoms in total. The highest BCUT2D eigenvalue weighted by Gasteiger charge is 2.31. The van der Waals surface area contributed by atoms with Crippen LogP contribution >= 0.6 is 0 Å². The van der Waals surface area contributed by atoms with Crippen LogP contribution < -0.4 is 5.32 Å². The van der Waals surface area contributed by atoms with Crippen molar-refractivity contribution < 1.29 is 14.6 Å². The minimum atomic E-state index is 0.228. The molecule has 1 aliphatic carbocycles. The van der Waals surface area contributed by atoms with E-state index in [1.54, 1.807) is 13.2 Å². The molecule has 20 heavy (non-hydrogen) atoms. The van der Waals surface area contributed by atoms with Crippen molar-refractivity contribution in [1.82, 2.24) is 5.32 Å². The molecule has 0 heterocycles. The molecule has 2 N–H and O–H groups in total. The minimum Gasteiger partial charge on any atom is -0.508 e. The topological polar surface area (TPSA) is 50.7 Å². The van der Waals surface area contributed by atoms with E-state index in [9.17, 15) is 5.11 Å². The van der Waals surface area contributed by atoms with Crippen molar-refractivity contribution in [3.8, 4) is 5.75 Å². The molecule has 0 fully saturated rings. The Morgan fingerprint density at radius 1 is 1.25 bits per heavy atom. The molecule has 0 bridgehead atoms. The predicted octanol–water partition coefficient (Wildman–Crippen LogP) is 2.50. The Balaban J connectivity index is 1.91. The molecule has 2 rings (SSSR count). The number of hydrogen-bond acceptors (Lipinski definition) is 4. The first-order valence-electron chi connectivity index (χ1n) is 7.27. The van der Waals surface area contributed by atoms with Gasteiger partial charge in [-0.3, -0.25) is 0 Å². The van der Waals surface area contributed by atoms with Gasteiger partial charge < -0.3 is 19.9 Å². The van der Waals surface area contributed by atoms with E-state index in [1.807, 2.05) is 6.07 Å². The van der Waals surface area contributed by atoms with Gasteiger partial charge in [-0.25, -0.2) is 0 Å². The Morgan fingerprint density at radius 3 is 2.80 bits per heavy atom. The number of aromatic hydroxyl groups is 1. The summed E-state index contributed by atoms with van der Waals surface area (Å²) < 4.78 is 10.4. The van der Waals surface area contributed by atoms with Crippen LogP contribution in [0, 0.1) is 6.92 Å². The second-order valence-electron chi connectivity index (χ2n) is 5.48. The van der Waals surface area contributed by atoms with Gasteiger partial charge in [0, 0.05) is 25.3 Å². The van der Waals surface area contributed by atoms with Crippen molar-refractivity contribution in [2.45, 2.75) is 32.2 Å². The fourth-order valence-corrected chi connectivity index (χ4v) is 3.08. The van der Waals surface area contributed by atoms with Gasteiger partial charge >= 0.3 is 0 Å². The third kappa shape index (κ3) is 3.32. The standard InChI is InChI=1S/C16H25NO3/c1-11-4-5-14(18)16-13(10-12(2)15(11)16)17-6-7-20-9-8-19-3/h4-5,12-13,17-18H,6-10H2,1-3H3. The van der Waals surface area contributed by atoms with E-state index in [4.69, 9.17) is 9.47 Å². The van der Waals surface area contributed by atoms with Crippen molar-refractivity contribution >= 4 is 0 Å². The van der Waals surface area contributed by atoms with E-state index in [-0.39, 0.29) is 6.04 Å². The van der Waals surface area contributed by atoms with Crippen molar-refractivity contribution in [3.05, 3.63) is 28.8 Å². The fraction of sp³-hybridized carbons (Fsp3) is 0.625. The van der Waals surface area contributed by atoms with Crippen LogP contribution in [0.1, 0.15) is 42.0 Å². The summed E-state index contributed by atoms with van der Waals surface area (Å²) in [5, 5.41) is 13.6. The molecule has 0 saturated carbocycles. The van der Waals surface area contributed by atoms with E-state index in [0.717, 1.165) is 18.5 Å². The highest BCUT2D eigenvalue weighted by Crippen LogP contribution is 2.45. The zero-order chi connectivity index (χ0) is 14.5. The number of hydrogen-bond donors (Lipinski definition) is 2. The molecule has 1 aromatic rings. The van der Waals surface area contributed by atoms with Crippen LogP contribution in [-0.4, -0.2) is 38.6 Å². The van der Waals surface area contributed by atoms with Crippen LogP contribution in [0.2, 0.25) is 0 Å². The van der Waals surface area contributed by atoms with Gasteiger partial charge in [-0.05, 0) is 36.5 Å². The molecular formula is C16H25NO3. The molecule has 4 heteroatoms. The number of phenols is 1. The van der Waals surface area contributed by atoms with Gasteiger partial charge in [-0.15, -0.1) is 0 Å². The maximum atomic E-state index is 10.1. The number of fused-ring (bicyclic) bond motifs is 1. The molecule has 1 aliphatic rings. The maximum Gasteiger partial charge on any atom is 0.120 e. The van der Waals surface area contributed by atoms with Gasteiger partial charge in [0.05, 0.1) is 19.8 Å². The Labute approximate surface area is 121 Å². The SMILES string of the molecule is COCCOCCNC1CC(C)c2c(C)ccc(O)c21. The first kappa shape index (κ1) is 15.3. The summed E-state index contributed by atoms with van der Waals surface area (Å²) in [5.74, 6) is 0.900. The number of nitrogens with one attached hydrogen (secondary N) is 1. The van der Waals surface area contributed by atoms with Crippen LogP contribution in [-0.2, 0) is 9.47 Å². The van der Waals surface area contributed by atoms with E-state index in [0.29, 0.717) is 31.5 Å². The molecular weight excluding hydrogens is 254 g/mol. The fourth-order valence-electron chi connectivity index (χ4n) is 3.08. The summed E-state index contributed by atoms with van der Waals surface area (Å²) in [6.07, 6.45) is 1.03. The van der Waals surface area contributed by atoms with E-state index in [1.165, 1.54) is 11.1 Å². The summed E-state index contributed by atoms with van der Waals surface area (Å²) in [6.45, 7) is 7.04. The summed E-state index contributed by atoms with van der Waals surface area (Å²) in [5.41, 5.74) is 3.66. The summed E-state index contributed by atoms with van der Waals surface area (Å²) in [7, 11) is 1.67. The van der Waals surface area contributed by atoms with Gasteiger partial charge in [0.2, 0.25) is 0 Å². The zero-order valence-electron chi connectivity index (χ0n) is 12.6. The number of aryl methyl sites for hydroxylation is 1. The lowest BCUT2D eigenvalue weighted by Crippen LogP contribution is -2.24. The molecule has 0 radical (unpaired) electrons. The quantitative estimate of drug-likeness (QED) is 0.753. The number of ether oxygens (including phenoxy) is 2. The second kappa shape index (κ2) is 7.07. The third-order valence-corrected chi connectivity index (χ3v) is 3.98. The van der Waals surface area contributed by atoms with Gasteiger partial charge in [-0.2, -0.15) is 0 Å². The van der Waals surface area contributed by atoms with Crippen LogP contribution in [0.15, 0.2) is 12.1 Å². The summed E-state index contributed by atoms with van der Waals surface area (Å²) in [6, 6.07) is 4.03. The largest absolute Gasteiger partial charge is 0.508 e. The highest BCUT2D eigenvalue weighted by molar-refractivity contribution is 5.50. The molecule has 0 aromatic heterocycles. The van der Waals surface area contributed by atoms with Crippen LogP contribution in [0.5, 0.6) is 5.75 Å². The molecule has 112 valence electrons. The average Bonchev–Trinajstić information content (AvgIpc) is 2.76. The predicted molar refractivity (Wildman–Crippen MR) is 79.3 cm³/mol. The zero-order valence-corrected chi connectivity index (χ0v) is 12.6. The number of rotatable bonds is 7. The van der Waals surface area contributed by atoms with Crippen molar-refractivity contribution in [2.24, 2.45) is 0 Å². The van der Waals surface area contributed by atoms with E-state index >= 15 is 0 Å². The molecule has 1 aromatic carbocycles. The van der Waals surface area contributed by atoms with Crippen molar-refractivity contribution in [2.75, 3.05) is 33.5 Å². The second-order valence-corrected chi connectivity index (χ2v) is 5.48. The molecule has 2 unspecified atom stereocenters. The first-order chi connectivity index (χ1) is 9.65. The first-order valence-corrected chi connectivity index (χ1v) is 7.27. The third-order valence-electron chi connectivity index (χ3n) is 3.98. The van der Waals surface area contributed by atoms with Crippen molar-refractivity contribution in [3.63, 3.8) is 0 Å². The maximum absolute atomic E-state index is 10.1. The number of phenolic OH excluding ortho intramolecular Hbond substituents is 1. The molecule has 2 atom stereocenters.